The number of phenols is 1. The molecule has 0 aliphatic carbocycles. The Kier molecular flexibility index (Phi) is 11.3. The maximum absolute atomic E-state index is 13.6. The molecule has 0 radical (unpaired) electrons. The van der Waals surface area contributed by atoms with Gasteiger partial charge >= 0.3 is 0 Å². The van der Waals surface area contributed by atoms with E-state index < -0.39 is 35.9 Å². The average Bonchev–Trinajstić information content (AvgIpc) is 3.02. The molecule has 4 rings (SSSR count). The van der Waals surface area contributed by atoms with Gasteiger partial charge in [-0.1, -0.05) is 60.7 Å². The fraction of sp³-hybridized carbons (Fsp3) is 0.371. The molecule has 3 aromatic rings. The van der Waals surface area contributed by atoms with E-state index in [1.807, 2.05) is 74.5 Å². The zero-order valence-corrected chi connectivity index (χ0v) is 25.9. The Bertz CT molecular complexity index is 1470. The zero-order valence-electron chi connectivity index (χ0n) is 25.9. The largest absolute Gasteiger partial charge is 0.508 e. The molecule has 0 aromatic heterocycles. The average molecular weight is 614 g/mol. The van der Waals surface area contributed by atoms with Crippen LogP contribution in [0.2, 0.25) is 0 Å². The highest BCUT2D eigenvalue weighted by atomic mass is 16.3. The molecule has 1 heterocycles. The van der Waals surface area contributed by atoms with E-state index in [-0.39, 0.29) is 37.0 Å². The molecule has 10 nitrogen and oxygen atoms in total. The molecule has 0 saturated carbocycles. The molecule has 0 spiro atoms. The lowest BCUT2D eigenvalue weighted by Gasteiger charge is -2.34. The minimum Gasteiger partial charge on any atom is -0.508 e. The van der Waals surface area contributed by atoms with Crippen molar-refractivity contribution in [2.75, 3.05) is 13.1 Å². The lowest BCUT2D eigenvalue weighted by Crippen LogP contribution is -2.56. The van der Waals surface area contributed by atoms with E-state index in [4.69, 9.17) is 11.5 Å². The first kappa shape index (κ1) is 33.2. The zero-order chi connectivity index (χ0) is 32.5. The summed E-state index contributed by atoms with van der Waals surface area (Å²) < 4.78 is 0. The van der Waals surface area contributed by atoms with Crippen molar-refractivity contribution in [3.8, 4) is 5.75 Å². The Morgan fingerprint density at radius 2 is 1.42 bits per heavy atom. The van der Waals surface area contributed by atoms with Gasteiger partial charge in [-0.25, -0.2) is 0 Å². The smallest absolute Gasteiger partial charge is 0.243 e. The van der Waals surface area contributed by atoms with Crippen LogP contribution in [0.4, 0.5) is 0 Å². The standard InChI is InChI=1S/C35H43N5O5/c1-22-16-27(41)17-23(2)28(22)20-29(36)35(45)40-15-9-14-26(21-40)33(43)39-31(19-25-12-7-4-8-13-25)34(44)38-30(32(37)42)18-24-10-5-3-6-11-24/h3-8,10-13,16-17,26,29-31,41H,9,14-15,18-21,36H2,1-2H3,(H2,37,42)(H,38,44)(H,39,43)/t26-,29+,30+,31-/m1/s1. The summed E-state index contributed by atoms with van der Waals surface area (Å²) in [7, 11) is 0. The predicted octanol–water partition coefficient (Wildman–Crippen LogP) is 2.06. The number of hydrogen-bond acceptors (Lipinski definition) is 6. The van der Waals surface area contributed by atoms with Crippen LogP contribution in [0.1, 0.15) is 40.7 Å². The maximum atomic E-state index is 13.6. The lowest BCUT2D eigenvalue weighted by atomic mass is 9.93. The van der Waals surface area contributed by atoms with Gasteiger partial charge in [-0.15, -0.1) is 0 Å². The second-order valence-corrected chi connectivity index (χ2v) is 11.9. The number of carbonyl (C=O) groups is 4. The van der Waals surface area contributed by atoms with Crippen molar-refractivity contribution in [3.63, 3.8) is 0 Å². The number of likely N-dealkylation sites (tertiary alicyclic amines) is 1. The van der Waals surface area contributed by atoms with Crippen LogP contribution >= 0.6 is 0 Å². The molecule has 4 amide bonds. The number of nitrogens with two attached hydrogens (primary N) is 2. The quantitative estimate of drug-likeness (QED) is 0.210. The fourth-order valence-corrected chi connectivity index (χ4v) is 5.92. The minimum atomic E-state index is -0.966. The molecule has 1 aliphatic heterocycles. The molecular formula is C35H43N5O5. The van der Waals surface area contributed by atoms with Gasteiger partial charge in [-0.05, 0) is 73.1 Å². The van der Waals surface area contributed by atoms with Crippen LogP contribution in [-0.4, -0.2) is 64.9 Å². The predicted molar refractivity (Wildman–Crippen MR) is 172 cm³/mol. The van der Waals surface area contributed by atoms with Crippen molar-refractivity contribution in [2.24, 2.45) is 17.4 Å². The fourth-order valence-electron chi connectivity index (χ4n) is 5.92. The molecule has 4 atom stereocenters. The summed E-state index contributed by atoms with van der Waals surface area (Å²) in [4.78, 5) is 54.4. The van der Waals surface area contributed by atoms with Crippen LogP contribution in [-0.2, 0) is 38.4 Å². The summed E-state index contributed by atoms with van der Waals surface area (Å²) in [5.74, 6) is -2.15. The van der Waals surface area contributed by atoms with Crippen molar-refractivity contribution in [1.82, 2.24) is 15.5 Å². The van der Waals surface area contributed by atoms with Crippen LogP contribution in [0.3, 0.4) is 0 Å². The van der Waals surface area contributed by atoms with Crippen molar-refractivity contribution < 1.29 is 24.3 Å². The van der Waals surface area contributed by atoms with Gasteiger partial charge in [0.05, 0.1) is 12.0 Å². The van der Waals surface area contributed by atoms with E-state index in [0.29, 0.717) is 25.8 Å². The first-order chi connectivity index (χ1) is 21.5. The number of aromatic hydroxyl groups is 1. The number of nitrogens with zero attached hydrogens (tertiary/aromatic N) is 1. The van der Waals surface area contributed by atoms with Gasteiger partial charge in [0.1, 0.15) is 17.8 Å². The number of aryl methyl sites for hydroxylation is 2. The molecule has 45 heavy (non-hydrogen) atoms. The SMILES string of the molecule is Cc1cc(O)cc(C)c1C[C@H](N)C(=O)N1CCC[C@@H](C(=O)N[C@H](Cc2ccccc2)C(=O)N[C@@H](Cc2ccccc2)C(N)=O)C1. The molecule has 1 fully saturated rings. The number of piperidine rings is 1. The Morgan fingerprint density at radius 3 is 1.98 bits per heavy atom. The molecule has 0 bridgehead atoms. The third-order valence-electron chi connectivity index (χ3n) is 8.38. The van der Waals surface area contributed by atoms with E-state index in [1.165, 1.54) is 0 Å². The summed E-state index contributed by atoms with van der Waals surface area (Å²) in [5, 5.41) is 15.5. The monoisotopic (exact) mass is 613 g/mol. The molecule has 10 heteroatoms. The summed E-state index contributed by atoms with van der Waals surface area (Å²) in [6.45, 7) is 4.41. The first-order valence-corrected chi connectivity index (χ1v) is 15.3. The minimum absolute atomic E-state index is 0.166. The number of hydrogen-bond donors (Lipinski definition) is 5. The van der Waals surface area contributed by atoms with Gasteiger partial charge in [-0.2, -0.15) is 0 Å². The van der Waals surface area contributed by atoms with Crippen molar-refractivity contribution in [3.05, 3.63) is 101 Å². The van der Waals surface area contributed by atoms with Crippen molar-refractivity contribution >= 4 is 23.6 Å². The first-order valence-electron chi connectivity index (χ1n) is 15.3. The molecule has 3 aromatic carbocycles. The molecule has 0 unspecified atom stereocenters. The highest BCUT2D eigenvalue weighted by molar-refractivity contribution is 5.92. The normalized spacial score (nSPS) is 16.7. The molecular weight excluding hydrogens is 570 g/mol. The second kappa shape index (κ2) is 15.3. The van der Waals surface area contributed by atoms with Gasteiger partial charge in [0, 0.05) is 25.9 Å². The number of amides is 4. The Morgan fingerprint density at radius 1 is 0.867 bits per heavy atom. The molecule has 1 saturated heterocycles. The Labute approximate surface area is 264 Å². The Hall–Kier alpha value is -4.70. The van der Waals surface area contributed by atoms with Gasteiger partial charge in [0.2, 0.25) is 23.6 Å². The van der Waals surface area contributed by atoms with E-state index in [2.05, 4.69) is 10.6 Å². The maximum Gasteiger partial charge on any atom is 0.243 e. The number of rotatable bonds is 12. The van der Waals surface area contributed by atoms with Crippen LogP contribution in [0, 0.1) is 19.8 Å². The van der Waals surface area contributed by atoms with Crippen LogP contribution in [0.15, 0.2) is 72.8 Å². The topological polar surface area (TPSA) is 168 Å². The summed E-state index contributed by atoms with van der Waals surface area (Å²) in [6.07, 6.45) is 1.91. The van der Waals surface area contributed by atoms with Crippen molar-refractivity contribution in [1.29, 1.82) is 0 Å². The third kappa shape index (κ3) is 9.15. The summed E-state index contributed by atoms with van der Waals surface area (Å²) >= 11 is 0. The lowest BCUT2D eigenvalue weighted by molar-refractivity contribution is -0.138. The van der Waals surface area contributed by atoms with Crippen molar-refractivity contribution in [2.45, 2.75) is 64.1 Å². The molecule has 1 aliphatic rings. The molecule has 238 valence electrons. The Balaban J connectivity index is 1.43. The van der Waals surface area contributed by atoms with Gasteiger partial charge in [0.25, 0.3) is 0 Å². The number of phenolic OH excluding ortho intramolecular Hbond substituents is 1. The van der Waals surface area contributed by atoms with Crippen LogP contribution < -0.4 is 22.1 Å². The second-order valence-electron chi connectivity index (χ2n) is 11.9. The summed E-state index contributed by atoms with van der Waals surface area (Å²) in [6, 6.07) is 19.1. The number of carbonyl (C=O) groups excluding carboxylic acids is 4. The molecule has 7 N–H and O–H groups in total. The van der Waals surface area contributed by atoms with Crippen LogP contribution in [0.25, 0.3) is 0 Å². The van der Waals surface area contributed by atoms with Gasteiger partial charge < -0.3 is 32.1 Å². The highest BCUT2D eigenvalue weighted by Crippen LogP contribution is 2.23. The van der Waals surface area contributed by atoms with Gasteiger partial charge in [0.15, 0.2) is 0 Å². The van der Waals surface area contributed by atoms with E-state index >= 15 is 0 Å². The van der Waals surface area contributed by atoms with E-state index in [9.17, 15) is 24.3 Å². The number of benzene rings is 3. The van der Waals surface area contributed by atoms with Crippen LogP contribution in [0.5, 0.6) is 5.75 Å². The van der Waals surface area contributed by atoms with Gasteiger partial charge in [-0.3, -0.25) is 19.2 Å². The number of nitrogens with one attached hydrogen (secondary N) is 2. The van der Waals surface area contributed by atoms with E-state index in [1.54, 1.807) is 17.0 Å². The third-order valence-corrected chi connectivity index (χ3v) is 8.38. The number of primary amides is 1. The summed E-state index contributed by atoms with van der Waals surface area (Å²) in [5.41, 5.74) is 16.3. The highest BCUT2D eigenvalue weighted by Gasteiger charge is 2.33. The van der Waals surface area contributed by atoms with E-state index in [0.717, 1.165) is 27.8 Å².